The highest BCUT2D eigenvalue weighted by molar-refractivity contribution is 7.22. The largest absolute Gasteiger partial charge is 0.479 e. The van der Waals surface area contributed by atoms with E-state index in [4.69, 9.17) is 21.3 Å². The molecule has 1 atom stereocenters. The molecule has 0 aliphatic carbocycles. The summed E-state index contributed by atoms with van der Waals surface area (Å²) in [5, 5.41) is 11.7. The number of benzene rings is 3. The highest BCUT2D eigenvalue weighted by Crippen LogP contribution is 2.44. The molecule has 178 valence electrons. The van der Waals surface area contributed by atoms with Crippen LogP contribution in [0, 0.1) is 6.92 Å². The fourth-order valence-corrected chi connectivity index (χ4v) is 6.06. The zero-order valence-corrected chi connectivity index (χ0v) is 22.0. The summed E-state index contributed by atoms with van der Waals surface area (Å²) in [5.74, 6) is -1.03. The average molecular weight is 523 g/mol. The van der Waals surface area contributed by atoms with E-state index in [1.54, 1.807) is 22.7 Å². The van der Waals surface area contributed by atoms with Crippen molar-refractivity contribution in [1.82, 2.24) is 9.97 Å². The number of halogens is 1. The zero-order chi connectivity index (χ0) is 24.9. The van der Waals surface area contributed by atoms with E-state index in [1.807, 2.05) is 69.6 Å². The number of carboxylic acid groups (broad SMARTS) is 1. The first-order valence-electron chi connectivity index (χ1n) is 11.0. The van der Waals surface area contributed by atoms with Crippen LogP contribution in [-0.4, -0.2) is 26.6 Å². The summed E-state index contributed by atoms with van der Waals surface area (Å²) in [4.78, 5) is 21.8. The average Bonchev–Trinajstić information content (AvgIpc) is 3.43. The molecular formula is C27H23ClN2O3S2. The number of aromatic nitrogens is 2. The van der Waals surface area contributed by atoms with Gasteiger partial charge in [0.2, 0.25) is 0 Å². The Hall–Kier alpha value is -2.84. The number of ether oxygens (including phenoxy) is 1. The van der Waals surface area contributed by atoms with Crippen molar-refractivity contribution in [2.24, 2.45) is 0 Å². The van der Waals surface area contributed by atoms with Crippen molar-refractivity contribution in [3.05, 3.63) is 70.2 Å². The van der Waals surface area contributed by atoms with Crippen LogP contribution in [0.1, 0.15) is 38.0 Å². The molecule has 3 aromatic carbocycles. The first kappa shape index (κ1) is 23.9. The minimum Gasteiger partial charge on any atom is -0.479 e. The van der Waals surface area contributed by atoms with Gasteiger partial charge in [-0.1, -0.05) is 29.8 Å². The first-order chi connectivity index (χ1) is 16.6. The molecule has 0 radical (unpaired) electrons. The highest BCUT2D eigenvalue weighted by Gasteiger charge is 2.32. The van der Waals surface area contributed by atoms with Gasteiger partial charge in [-0.25, -0.2) is 14.8 Å². The van der Waals surface area contributed by atoms with E-state index in [1.165, 1.54) is 0 Å². The molecule has 8 heteroatoms. The van der Waals surface area contributed by atoms with Gasteiger partial charge in [0.25, 0.3) is 0 Å². The lowest BCUT2D eigenvalue weighted by Crippen LogP contribution is -2.28. The number of rotatable bonds is 5. The van der Waals surface area contributed by atoms with Gasteiger partial charge in [0.05, 0.1) is 31.5 Å². The number of aliphatic carboxylic acids is 1. The maximum absolute atomic E-state index is 12.5. The summed E-state index contributed by atoms with van der Waals surface area (Å²) in [6.45, 7) is 7.49. The maximum atomic E-state index is 12.5. The van der Waals surface area contributed by atoms with Gasteiger partial charge in [-0.2, -0.15) is 0 Å². The van der Waals surface area contributed by atoms with Crippen molar-refractivity contribution in [3.8, 4) is 21.7 Å². The monoisotopic (exact) mass is 522 g/mol. The van der Waals surface area contributed by atoms with Crippen molar-refractivity contribution in [1.29, 1.82) is 0 Å². The van der Waals surface area contributed by atoms with Crippen LogP contribution >= 0.6 is 34.3 Å². The second kappa shape index (κ2) is 8.99. The van der Waals surface area contributed by atoms with Gasteiger partial charge in [-0.3, -0.25) is 0 Å². The molecule has 0 saturated carbocycles. The molecule has 2 heterocycles. The standard InChI is InChI=1S/C27H23ClN2O3S2/c1-14-11-19-24(35-25(30-19)16-7-10-20-18(12-16)29-13-34-20)22(15-5-8-17(28)9-6-15)21(14)23(26(31)32)33-27(2,3)4/h5-13,23H,1-4H3,(H,31,32). The molecule has 1 N–H and O–H groups in total. The molecule has 35 heavy (non-hydrogen) atoms. The lowest BCUT2D eigenvalue weighted by molar-refractivity contribution is -0.160. The van der Waals surface area contributed by atoms with Gasteiger partial charge >= 0.3 is 5.97 Å². The van der Waals surface area contributed by atoms with Crippen molar-refractivity contribution in [3.63, 3.8) is 0 Å². The fourth-order valence-electron chi connectivity index (χ4n) is 4.15. The van der Waals surface area contributed by atoms with Crippen LogP contribution in [0.2, 0.25) is 5.02 Å². The Morgan fingerprint density at radius 3 is 2.46 bits per heavy atom. The Morgan fingerprint density at radius 1 is 1.06 bits per heavy atom. The van der Waals surface area contributed by atoms with Crippen LogP contribution in [0.15, 0.2) is 54.0 Å². The predicted molar refractivity (Wildman–Crippen MR) is 145 cm³/mol. The van der Waals surface area contributed by atoms with Gasteiger partial charge in [0.15, 0.2) is 6.10 Å². The van der Waals surface area contributed by atoms with Gasteiger partial charge in [-0.15, -0.1) is 22.7 Å². The molecule has 0 bridgehead atoms. The van der Waals surface area contributed by atoms with Gasteiger partial charge in [0.1, 0.15) is 5.01 Å². The van der Waals surface area contributed by atoms with E-state index >= 15 is 0 Å². The minimum absolute atomic E-state index is 0.612. The van der Waals surface area contributed by atoms with Gasteiger partial charge in [0, 0.05) is 21.7 Å². The Kier molecular flexibility index (Phi) is 6.13. The Bertz CT molecular complexity index is 1570. The van der Waals surface area contributed by atoms with E-state index in [0.29, 0.717) is 10.6 Å². The molecule has 0 amide bonds. The van der Waals surface area contributed by atoms with Crippen LogP contribution in [0.5, 0.6) is 0 Å². The van der Waals surface area contributed by atoms with E-state index < -0.39 is 17.7 Å². The van der Waals surface area contributed by atoms with E-state index in [2.05, 4.69) is 17.1 Å². The summed E-state index contributed by atoms with van der Waals surface area (Å²) < 4.78 is 8.11. The highest BCUT2D eigenvalue weighted by atomic mass is 35.5. The number of aryl methyl sites for hydroxylation is 1. The third-order valence-electron chi connectivity index (χ3n) is 5.60. The maximum Gasteiger partial charge on any atom is 0.337 e. The molecule has 0 aliphatic rings. The summed E-state index contributed by atoms with van der Waals surface area (Å²) in [5.41, 5.74) is 7.04. The fraction of sp³-hybridized carbons (Fsp3) is 0.222. The van der Waals surface area contributed by atoms with Crippen molar-refractivity contribution < 1.29 is 14.6 Å². The molecular weight excluding hydrogens is 500 g/mol. The zero-order valence-electron chi connectivity index (χ0n) is 19.6. The SMILES string of the molecule is Cc1cc2nc(-c3ccc4scnc4c3)sc2c(-c2ccc(Cl)cc2)c1C(OC(C)(C)C)C(=O)O. The van der Waals surface area contributed by atoms with Crippen molar-refractivity contribution in [2.75, 3.05) is 0 Å². The third kappa shape index (κ3) is 4.69. The molecule has 0 aliphatic heterocycles. The number of thiazole rings is 2. The van der Waals surface area contributed by atoms with Gasteiger partial charge in [-0.05, 0) is 69.2 Å². The lowest BCUT2D eigenvalue weighted by Gasteiger charge is -2.28. The molecule has 0 saturated heterocycles. The number of hydrogen-bond donors (Lipinski definition) is 1. The topological polar surface area (TPSA) is 72.3 Å². The number of hydrogen-bond acceptors (Lipinski definition) is 6. The first-order valence-corrected chi connectivity index (χ1v) is 13.1. The molecule has 5 nitrogen and oxygen atoms in total. The Morgan fingerprint density at radius 2 is 1.77 bits per heavy atom. The van der Waals surface area contributed by atoms with E-state index in [9.17, 15) is 9.90 Å². The summed E-state index contributed by atoms with van der Waals surface area (Å²) in [7, 11) is 0. The summed E-state index contributed by atoms with van der Waals surface area (Å²) >= 11 is 9.32. The summed E-state index contributed by atoms with van der Waals surface area (Å²) in [6, 6.07) is 15.6. The van der Waals surface area contributed by atoms with Crippen LogP contribution in [0.3, 0.4) is 0 Å². The number of carbonyl (C=O) groups is 1. The number of nitrogens with zero attached hydrogens (tertiary/aromatic N) is 2. The van der Waals surface area contributed by atoms with E-state index in [0.717, 1.165) is 47.7 Å². The molecule has 5 rings (SSSR count). The normalized spacial score (nSPS) is 12.9. The molecule has 5 aromatic rings. The smallest absolute Gasteiger partial charge is 0.337 e. The Balaban J connectivity index is 1.78. The van der Waals surface area contributed by atoms with Crippen molar-refractivity contribution in [2.45, 2.75) is 39.4 Å². The van der Waals surface area contributed by atoms with Crippen LogP contribution in [-0.2, 0) is 9.53 Å². The quantitative estimate of drug-likeness (QED) is 0.252. The second-order valence-electron chi connectivity index (χ2n) is 9.34. The summed E-state index contributed by atoms with van der Waals surface area (Å²) in [6.07, 6.45) is -1.14. The second-order valence-corrected chi connectivity index (χ2v) is 11.7. The van der Waals surface area contributed by atoms with Crippen LogP contribution in [0.25, 0.3) is 42.1 Å². The molecule has 1 unspecified atom stereocenters. The molecule has 2 aromatic heterocycles. The predicted octanol–water partition coefficient (Wildman–Crippen LogP) is 8.14. The van der Waals surface area contributed by atoms with Crippen LogP contribution in [0.4, 0.5) is 0 Å². The number of carboxylic acids is 1. The molecule has 0 spiro atoms. The van der Waals surface area contributed by atoms with Gasteiger partial charge < -0.3 is 9.84 Å². The van der Waals surface area contributed by atoms with E-state index in [-0.39, 0.29) is 0 Å². The third-order valence-corrected chi connectivity index (χ3v) is 7.80. The number of fused-ring (bicyclic) bond motifs is 2. The molecule has 0 fully saturated rings. The lowest BCUT2D eigenvalue weighted by atomic mass is 9.91. The Labute approximate surface area is 216 Å². The van der Waals surface area contributed by atoms with Crippen LogP contribution < -0.4 is 0 Å². The van der Waals surface area contributed by atoms with Crippen molar-refractivity contribution >= 4 is 60.7 Å². The minimum atomic E-state index is -1.14.